The first kappa shape index (κ1) is 16.3. The lowest BCUT2D eigenvalue weighted by atomic mass is 10.2. The first-order chi connectivity index (χ1) is 9.54. The van der Waals surface area contributed by atoms with Crippen molar-refractivity contribution in [2.24, 2.45) is 5.73 Å². The summed E-state index contributed by atoms with van der Waals surface area (Å²) in [5.41, 5.74) is 5.72. The Morgan fingerprint density at radius 3 is 2.15 bits per heavy atom. The van der Waals surface area contributed by atoms with Crippen molar-refractivity contribution in [3.05, 3.63) is 0 Å². The molecule has 0 radical (unpaired) electrons. The van der Waals surface area contributed by atoms with Gasteiger partial charge in [-0.15, -0.1) is 12.3 Å². The van der Waals surface area contributed by atoms with E-state index < -0.39 is 6.04 Å². The van der Waals surface area contributed by atoms with Gasteiger partial charge in [0.1, 0.15) is 0 Å². The lowest BCUT2D eigenvalue weighted by Gasteiger charge is -2.37. The Hall–Kier alpha value is -1.74. The lowest BCUT2D eigenvalue weighted by molar-refractivity contribution is -0.133. The van der Waals surface area contributed by atoms with Crippen molar-refractivity contribution in [2.75, 3.05) is 39.3 Å². The summed E-state index contributed by atoms with van der Waals surface area (Å²) < 4.78 is 0. The molecule has 0 saturated carbocycles. The fraction of sp³-hybridized carbons (Fsp3) is 0.714. The van der Waals surface area contributed by atoms with Crippen molar-refractivity contribution in [3.63, 3.8) is 0 Å². The zero-order valence-electron chi connectivity index (χ0n) is 12.3. The predicted octanol–water partition coefficient (Wildman–Crippen LogP) is -0.0570. The largest absolute Gasteiger partial charge is 0.338 e. The molecule has 1 fully saturated rings. The molecule has 1 rings (SSSR count). The highest BCUT2D eigenvalue weighted by molar-refractivity contribution is 5.82. The van der Waals surface area contributed by atoms with Crippen LogP contribution in [0.5, 0.6) is 0 Å². The van der Waals surface area contributed by atoms with E-state index in [4.69, 9.17) is 12.2 Å². The molecule has 1 saturated heterocycles. The number of amides is 3. The quantitative estimate of drug-likeness (QED) is 0.734. The highest BCUT2D eigenvalue weighted by Crippen LogP contribution is 2.07. The Kier molecular flexibility index (Phi) is 6.32. The zero-order chi connectivity index (χ0) is 15.1. The van der Waals surface area contributed by atoms with Gasteiger partial charge in [0.25, 0.3) is 0 Å². The Morgan fingerprint density at radius 1 is 1.20 bits per heavy atom. The summed E-state index contributed by atoms with van der Waals surface area (Å²) >= 11 is 0. The normalized spacial score (nSPS) is 16.5. The van der Waals surface area contributed by atoms with Crippen molar-refractivity contribution in [1.29, 1.82) is 0 Å². The third-order valence-corrected chi connectivity index (χ3v) is 3.55. The van der Waals surface area contributed by atoms with Crippen molar-refractivity contribution in [3.8, 4) is 12.3 Å². The predicted molar refractivity (Wildman–Crippen MR) is 77.9 cm³/mol. The van der Waals surface area contributed by atoms with Crippen LogP contribution in [0.2, 0.25) is 0 Å². The van der Waals surface area contributed by atoms with E-state index in [1.807, 2.05) is 13.8 Å². The highest BCUT2D eigenvalue weighted by atomic mass is 16.2. The summed E-state index contributed by atoms with van der Waals surface area (Å²) in [5, 5.41) is 0. The molecule has 1 aliphatic heterocycles. The van der Waals surface area contributed by atoms with Crippen molar-refractivity contribution in [1.82, 2.24) is 14.7 Å². The molecule has 6 heteroatoms. The molecule has 1 atom stereocenters. The number of carbonyl (C=O) groups excluding carboxylic acids is 2. The van der Waals surface area contributed by atoms with Crippen LogP contribution >= 0.6 is 0 Å². The van der Waals surface area contributed by atoms with Gasteiger partial charge in [0.2, 0.25) is 5.91 Å². The van der Waals surface area contributed by atoms with Crippen molar-refractivity contribution in [2.45, 2.75) is 26.3 Å². The van der Waals surface area contributed by atoms with E-state index in [0.29, 0.717) is 39.3 Å². The Morgan fingerprint density at radius 2 is 1.70 bits per heavy atom. The molecule has 0 spiro atoms. The van der Waals surface area contributed by atoms with Gasteiger partial charge in [-0.1, -0.05) is 0 Å². The number of nitrogens with zero attached hydrogens (tertiary/aromatic N) is 3. The first-order valence-electron chi connectivity index (χ1n) is 7.06. The lowest BCUT2D eigenvalue weighted by Crippen LogP contribution is -2.56. The van der Waals surface area contributed by atoms with Crippen LogP contribution in [0.3, 0.4) is 0 Å². The van der Waals surface area contributed by atoms with Crippen molar-refractivity contribution < 1.29 is 9.59 Å². The monoisotopic (exact) mass is 280 g/mol. The van der Waals surface area contributed by atoms with Crippen molar-refractivity contribution >= 4 is 11.9 Å². The summed E-state index contributed by atoms with van der Waals surface area (Å²) in [5.74, 6) is 2.27. The van der Waals surface area contributed by atoms with Gasteiger partial charge in [-0.05, 0) is 13.8 Å². The van der Waals surface area contributed by atoms with Crippen LogP contribution in [0, 0.1) is 12.3 Å². The summed E-state index contributed by atoms with van der Waals surface area (Å²) in [6.45, 7) is 7.44. The van der Waals surface area contributed by atoms with Crippen LogP contribution in [0.4, 0.5) is 4.79 Å². The summed E-state index contributed by atoms with van der Waals surface area (Å²) in [7, 11) is 0. The van der Waals surface area contributed by atoms with E-state index in [-0.39, 0.29) is 18.4 Å². The minimum Gasteiger partial charge on any atom is -0.338 e. The second-order valence-corrected chi connectivity index (χ2v) is 4.78. The van der Waals surface area contributed by atoms with Crippen LogP contribution in [0.25, 0.3) is 0 Å². The van der Waals surface area contributed by atoms with Gasteiger partial charge in [0, 0.05) is 45.7 Å². The standard InChI is InChI=1S/C14H24N4O2/c1-4-7-12(15)13(19)17-8-10-18(11-9-17)14(20)16(5-2)6-3/h1,12H,5-11,15H2,2-3H3. The topological polar surface area (TPSA) is 69.9 Å². The van der Waals surface area contributed by atoms with Gasteiger partial charge < -0.3 is 20.4 Å². The molecule has 1 aliphatic rings. The van der Waals surface area contributed by atoms with Crippen LogP contribution in [0.1, 0.15) is 20.3 Å². The van der Waals surface area contributed by atoms with Gasteiger partial charge in [-0.25, -0.2) is 4.79 Å². The number of nitrogens with two attached hydrogens (primary N) is 1. The van der Waals surface area contributed by atoms with Crippen LogP contribution < -0.4 is 5.73 Å². The second kappa shape index (κ2) is 7.75. The second-order valence-electron chi connectivity index (χ2n) is 4.78. The van der Waals surface area contributed by atoms with Gasteiger partial charge in [0.15, 0.2) is 0 Å². The van der Waals surface area contributed by atoms with Crippen LogP contribution in [-0.4, -0.2) is 71.9 Å². The minimum atomic E-state index is -0.634. The van der Waals surface area contributed by atoms with Crippen LogP contribution in [0.15, 0.2) is 0 Å². The van der Waals surface area contributed by atoms with E-state index in [1.165, 1.54) is 0 Å². The smallest absolute Gasteiger partial charge is 0.320 e. The fourth-order valence-electron chi connectivity index (χ4n) is 2.26. The average molecular weight is 280 g/mol. The highest BCUT2D eigenvalue weighted by Gasteiger charge is 2.28. The molecule has 0 aliphatic carbocycles. The minimum absolute atomic E-state index is 0.0371. The van der Waals surface area contributed by atoms with Gasteiger partial charge in [0.05, 0.1) is 6.04 Å². The summed E-state index contributed by atoms with van der Waals surface area (Å²) in [6, 6.07) is -0.597. The Bertz CT molecular complexity index is 379. The van der Waals surface area contributed by atoms with E-state index in [0.717, 1.165) is 0 Å². The van der Waals surface area contributed by atoms with E-state index in [9.17, 15) is 9.59 Å². The van der Waals surface area contributed by atoms with E-state index in [1.54, 1.807) is 14.7 Å². The SMILES string of the molecule is C#CCC(N)C(=O)N1CCN(C(=O)N(CC)CC)CC1. The molecular formula is C14H24N4O2. The molecular weight excluding hydrogens is 256 g/mol. The number of hydrogen-bond donors (Lipinski definition) is 1. The molecule has 3 amide bonds. The molecule has 1 heterocycles. The number of rotatable bonds is 4. The maximum absolute atomic E-state index is 12.2. The van der Waals surface area contributed by atoms with Gasteiger partial charge in [-0.2, -0.15) is 0 Å². The molecule has 112 valence electrons. The maximum Gasteiger partial charge on any atom is 0.320 e. The maximum atomic E-state index is 12.2. The molecule has 0 aromatic rings. The van der Waals surface area contributed by atoms with E-state index >= 15 is 0 Å². The summed E-state index contributed by atoms with van der Waals surface area (Å²) in [4.78, 5) is 29.4. The summed E-state index contributed by atoms with van der Waals surface area (Å²) in [6.07, 6.45) is 5.41. The molecule has 2 N–H and O–H groups in total. The third-order valence-electron chi connectivity index (χ3n) is 3.55. The number of hydrogen-bond acceptors (Lipinski definition) is 3. The fourth-order valence-corrected chi connectivity index (χ4v) is 2.26. The molecule has 0 bridgehead atoms. The molecule has 0 aromatic heterocycles. The molecule has 1 unspecified atom stereocenters. The third kappa shape index (κ3) is 3.87. The number of carbonyl (C=O) groups is 2. The number of terminal acetylenes is 1. The van der Waals surface area contributed by atoms with Gasteiger partial charge >= 0.3 is 6.03 Å². The number of urea groups is 1. The first-order valence-corrected chi connectivity index (χ1v) is 7.06. The molecule has 20 heavy (non-hydrogen) atoms. The Balaban J connectivity index is 2.50. The zero-order valence-corrected chi connectivity index (χ0v) is 12.3. The number of piperazine rings is 1. The average Bonchev–Trinajstić information content (AvgIpc) is 2.48. The van der Waals surface area contributed by atoms with Crippen LogP contribution in [-0.2, 0) is 4.79 Å². The molecule has 6 nitrogen and oxygen atoms in total. The van der Waals surface area contributed by atoms with E-state index in [2.05, 4.69) is 5.92 Å². The molecule has 0 aromatic carbocycles. The van der Waals surface area contributed by atoms with Gasteiger partial charge in [-0.3, -0.25) is 4.79 Å². The Labute approximate surface area is 120 Å².